The molecule has 25 heavy (non-hydrogen) atoms. The number of hydrogen-bond donors (Lipinski definition) is 2. The Bertz CT molecular complexity index is 995. The van der Waals surface area contributed by atoms with Crippen LogP contribution in [0.15, 0.2) is 28.6 Å². The third-order valence-corrected chi connectivity index (χ3v) is 4.97. The first-order valence-corrected chi connectivity index (χ1v) is 8.62. The number of rotatable bonds is 5. The number of thiazole rings is 1. The van der Waals surface area contributed by atoms with Crippen LogP contribution in [0.25, 0.3) is 10.9 Å². The summed E-state index contributed by atoms with van der Waals surface area (Å²) in [4.78, 5) is 33.8. The molecule has 3 rings (SSSR count). The van der Waals surface area contributed by atoms with Crippen LogP contribution in [0.2, 0.25) is 0 Å². The van der Waals surface area contributed by atoms with Crippen LogP contribution in [0.4, 0.5) is 11.4 Å². The van der Waals surface area contributed by atoms with Crippen LogP contribution in [0.5, 0.6) is 0 Å². The smallest absolute Gasteiger partial charge is 0.293 e. The van der Waals surface area contributed by atoms with Gasteiger partial charge < -0.3 is 10.3 Å². The van der Waals surface area contributed by atoms with Gasteiger partial charge in [-0.1, -0.05) is 13.8 Å². The summed E-state index contributed by atoms with van der Waals surface area (Å²) in [5.41, 5.74) is 0.945. The molecule has 0 saturated carbocycles. The van der Waals surface area contributed by atoms with Crippen molar-refractivity contribution in [2.75, 3.05) is 5.32 Å². The van der Waals surface area contributed by atoms with Crippen molar-refractivity contribution in [2.24, 2.45) is 0 Å². The van der Waals surface area contributed by atoms with E-state index in [9.17, 15) is 14.9 Å². The van der Waals surface area contributed by atoms with Gasteiger partial charge in [-0.3, -0.25) is 14.9 Å². The lowest BCUT2D eigenvalue weighted by Gasteiger charge is -2.14. The molecule has 2 heterocycles. The predicted octanol–water partition coefficient (Wildman–Crippen LogP) is 3.58. The summed E-state index contributed by atoms with van der Waals surface area (Å²) in [5.74, 6) is 0.330. The zero-order valence-electron chi connectivity index (χ0n) is 13.9. The molecule has 9 heteroatoms. The SMILES string of the molecule is CC(C)c1nc(C(C)Nc2cc3nc[nH]c(=O)c3cc2[N+](=O)[O-])cs1. The number of nitro groups is 1. The number of H-pyrrole nitrogens is 1. The molecule has 0 saturated heterocycles. The second-order valence-corrected chi connectivity index (χ2v) is 6.90. The largest absolute Gasteiger partial charge is 0.371 e. The third-order valence-electron chi connectivity index (χ3n) is 3.80. The van der Waals surface area contributed by atoms with Crippen molar-refractivity contribution in [3.05, 3.63) is 55.0 Å². The maximum atomic E-state index is 11.8. The van der Waals surface area contributed by atoms with Crippen LogP contribution >= 0.6 is 11.3 Å². The van der Waals surface area contributed by atoms with Gasteiger partial charge >= 0.3 is 0 Å². The quantitative estimate of drug-likeness (QED) is 0.531. The zero-order chi connectivity index (χ0) is 18.1. The Morgan fingerprint density at radius 2 is 2.08 bits per heavy atom. The maximum Gasteiger partial charge on any atom is 0.293 e. The first-order valence-electron chi connectivity index (χ1n) is 7.74. The van der Waals surface area contributed by atoms with E-state index in [-0.39, 0.29) is 17.1 Å². The van der Waals surface area contributed by atoms with Gasteiger partial charge in [-0.05, 0) is 13.0 Å². The normalized spacial score (nSPS) is 12.5. The minimum Gasteiger partial charge on any atom is -0.371 e. The minimum atomic E-state index is -0.512. The van der Waals surface area contributed by atoms with Crippen molar-refractivity contribution >= 4 is 33.6 Å². The monoisotopic (exact) mass is 359 g/mol. The highest BCUT2D eigenvalue weighted by atomic mass is 32.1. The fraction of sp³-hybridized carbons (Fsp3) is 0.312. The lowest BCUT2D eigenvalue weighted by molar-refractivity contribution is -0.383. The second kappa shape index (κ2) is 6.60. The highest BCUT2D eigenvalue weighted by molar-refractivity contribution is 7.09. The lowest BCUT2D eigenvalue weighted by atomic mass is 10.1. The molecule has 1 atom stereocenters. The number of aromatic amines is 1. The van der Waals surface area contributed by atoms with Crippen molar-refractivity contribution in [1.82, 2.24) is 15.0 Å². The molecule has 130 valence electrons. The van der Waals surface area contributed by atoms with Crippen LogP contribution in [0, 0.1) is 10.1 Å². The molecule has 1 unspecified atom stereocenters. The summed E-state index contributed by atoms with van der Waals surface area (Å²) in [7, 11) is 0. The highest BCUT2D eigenvalue weighted by Crippen LogP contribution is 2.32. The van der Waals surface area contributed by atoms with Gasteiger partial charge in [0.15, 0.2) is 0 Å². The average Bonchev–Trinajstić information content (AvgIpc) is 3.05. The molecule has 3 aromatic rings. The third kappa shape index (κ3) is 3.36. The number of fused-ring (bicyclic) bond motifs is 1. The van der Waals surface area contributed by atoms with Crippen LogP contribution in [-0.2, 0) is 0 Å². The van der Waals surface area contributed by atoms with E-state index in [1.165, 1.54) is 18.5 Å². The van der Waals surface area contributed by atoms with Crippen molar-refractivity contribution in [3.8, 4) is 0 Å². The Balaban J connectivity index is 2.00. The number of benzene rings is 1. The standard InChI is InChI=1S/C16H17N5O3S/c1-8(2)16-20-13(6-25-16)9(3)19-12-5-11-10(4-14(12)21(23)24)15(22)18-7-17-11/h4-9,19H,1-3H3,(H,17,18,22). The summed E-state index contributed by atoms with van der Waals surface area (Å²) in [5, 5.41) is 17.7. The Hall–Kier alpha value is -2.81. The molecule has 2 aromatic heterocycles. The van der Waals surface area contributed by atoms with E-state index in [0.29, 0.717) is 17.1 Å². The molecule has 2 N–H and O–H groups in total. The average molecular weight is 359 g/mol. The summed E-state index contributed by atoms with van der Waals surface area (Å²) < 4.78 is 0. The van der Waals surface area contributed by atoms with E-state index >= 15 is 0 Å². The Morgan fingerprint density at radius 3 is 2.72 bits per heavy atom. The molecule has 0 amide bonds. The van der Waals surface area contributed by atoms with Gasteiger partial charge in [-0.25, -0.2) is 9.97 Å². The number of aromatic nitrogens is 3. The topological polar surface area (TPSA) is 114 Å². The van der Waals surface area contributed by atoms with Gasteiger partial charge in [0.25, 0.3) is 11.2 Å². The van der Waals surface area contributed by atoms with Gasteiger partial charge in [0, 0.05) is 17.4 Å². The first kappa shape index (κ1) is 17.0. The fourth-order valence-corrected chi connectivity index (χ4v) is 3.37. The number of nitrogens with one attached hydrogen (secondary N) is 2. The molecular formula is C16H17N5O3S. The van der Waals surface area contributed by atoms with E-state index in [1.807, 2.05) is 12.3 Å². The molecule has 0 fully saturated rings. The van der Waals surface area contributed by atoms with E-state index in [1.54, 1.807) is 11.3 Å². The Kier molecular flexibility index (Phi) is 4.49. The molecule has 0 aliphatic heterocycles. The van der Waals surface area contributed by atoms with Crippen molar-refractivity contribution in [2.45, 2.75) is 32.7 Å². The van der Waals surface area contributed by atoms with Gasteiger partial charge in [0.1, 0.15) is 5.69 Å². The summed E-state index contributed by atoms with van der Waals surface area (Å²) in [6, 6.07) is 2.55. The molecule has 8 nitrogen and oxygen atoms in total. The lowest BCUT2D eigenvalue weighted by Crippen LogP contribution is -2.11. The fourth-order valence-electron chi connectivity index (χ4n) is 2.44. The van der Waals surface area contributed by atoms with Crippen molar-refractivity contribution in [3.63, 3.8) is 0 Å². The van der Waals surface area contributed by atoms with Crippen LogP contribution in [0.3, 0.4) is 0 Å². The molecule has 0 bridgehead atoms. The highest BCUT2D eigenvalue weighted by Gasteiger charge is 2.20. The number of nitro benzene ring substituents is 1. The Morgan fingerprint density at radius 1 is 1.32 bits per heavy atom. The van der Waals surface area contributed by atoms with Crippen LogP contribution in [0.1, 0.15) is 43.4 Å². The Labute approximate surface area is 147 Å². The number of anilines is 1. The summed E-state index contributed by atoms with van der Waals surface area (Å²) in [6.07, 6.45) is 1.28. The number of hydrogen-bond acceptors (Lipinski definition) is 7. The van der Waals surface area contributed by atoms with E-state index in [2.05, 4.69) is 34.1 Å². The minimum absolute atomic E-state index is 0.169. The summed E-state index contributed by atoms with van der Waals surface area (Å²) >= 11 is 1.57. The van der Waals surface area contributed by atoms with Gasteiger partial charge in [0.2, 0.25) is 0 Å². The van der Waals surface area contributed by atoms with E-state index in [0.717, 1.165) is 10.7 Å². The molecular weight excluding hydrogens is 342 g/mol. The second-order valence-electron chi connectivity index (χ2n) is 6.01. The maximum absolute atomic E-state index is 11.8. The van der Waals surface area contributed by atoms with Crippen molar-refractivity contribution in [1.29, 1.82) is 0 Å². The first-order chi connectivity index (χ1) is 11.9. The summed E-state index contributed by atoms with van der Waals surface area (Å²) in [6.45, 7) is 6.02. The molecule has 0 aliphatic carbocycles. The molecule has 1 aromatic carbocycles. The van der Waals surface area contributed by atoms with E-state index in [4.69, 9.17) is 0 Å². The molecule has 0 spiro atoms. The van der Waals surface area contributed by atoms with Crippen molar-refractivity contribution < 1.29 is 4.92 Å². The van der Waals surface area contributed by atoms with Gasteiger partial charge in [-0.2, -0.15) is 0 Å². The number of nitrogens with zero attached hydrogens (tertiary/aromatic N) is 3. The predicted molar refractivity (Wildman–Crippen MR) is 97.3 cm³/mol. The van der Waals surface area contributed by atoms with E-state index < -0.39 is 10.5 Å². The molecule has 0 radical (unpaired) electrons. The van der Waals surface area contributed by atoms with Gasteiger partial charge in [0.05, 0.1) is 38.9 Å². The van der Waals surface area contributed by atoms with Gasteiger partial charge in [-0.15, -0.1) is 11.3 Å². The van der Waals surface area contributed by atoms with Crippen LogP contribution < -0.4 is 10.9 Å². The molecule has 0 aliphatic rings. The van der Waals surface area contributed by atoms with Crippen LogP contribution in [-0.4, -0.2) is 19.9 Å². The zero-order valence-corrected chi connectivity index (χ0v) is 14.8.